The van der Waals surface area contributed by atoms with Gasteiger partial charge in [-0.05, 0) is 53.9 Å². The highest BCUT2D eigenvalue weighted by atomic mass is 32.2. The second kappa shape index (κ2) is 10.0. The molecular weight excluding hydrogens is 496 g/mol. The van der Waals surface area contributed by atoms with E-state index < -0.39 is 15.4 Å². The summed E-state index contributed by atoms with van der Waals surface area (Å²) in [5.41, 5.74) is 2.38. The summed E-state index contributed by atoms with van der Waals surface area (Å²) < 4.78 is 25.8. The Bertz CT molecular complexity index is 1690. The Labute approximate surface area is 222 Å². The topological polar surface area (TPSA) is 89.3 Å². The van der Waals surface area contributed by atoms with Gasteiger partial charge in [-0.1, -0.05) is 72.8 Å². The fourth-order valence-electron chi connectivity index (χ4n) is 4.86. The van der Waals surface area contributed by atoms with Crippen molar-refractivity contribution in [3.05, 3.63) is 131 Å². The number of carbonyl (C=O) groups excluding carboxylic acids is 1. The van der Waals surface area contributed by atoms with E-state index in [1.165, 1.54) is 12.1 Å². The number of nitrogens with zero attached hydrogens (tertiary/aromatic N) is 2. The Kier molecular flexibility index (Phi) is 6.73. The zero-order valence-corrected chi connectivity index (χ0v) is 22.0. The summed E-state index contributed by atoms with van der Waals surface area (Å²) >= 11 is 0. The number of hydrogen-bond donors (Lipinski definition) is 1. The molecule has 1 aromatic heterocycles. The summed E-state index contributed by atoms with van der Waals surface area (Å²) in [5, 5.41) is 12.3. The van der Waals surface area contributed by atoms with Crippen molar-refractivity contribution in [1.82, 2.24) is 9.55 Å². The molecule has 0 fully saturated rings. The van der Waals surface area contributed by atoms with Crippen LogP contribution in [0.3, 0.4) is 0 Å². The third-order valence-corrected chi connectivity index (χ3v) is 7.89. The predicted octanol–water partition coefficient (Wildman–Crippen LogP) is 5.17. The SMILES string of the molecule is CCn1c(C(O)(c2ccccc2)c2ccccc2)nc2cc(C(=O)Cc3cccc(S(C)(=O)=O)c3)ccc21. The largest absolute Gasteiger partial charge is 0.373 e. The summed E-state index contributed by atoms with van der Waals surface area (Å²) in [6, 6.07) is 30.7. The lowest BCUT2D eigenvalue weighted by Crippen LogP contribution is -2.32. The molecule has 0 aliphatic rings. The van der Waals surface area contributed by atoms with E-state index >= 15 is 0 Å². The molecule has 0 saturated heterocycles. The molecule has 0 spiro atoms. The highest BCUT2D eigenvalue weighted by Crippen LogP contribution is 2.37. The Morgan fingerprint density at radius 2 is 1.50 bits per heavy atom. The van der Waals surface area contributed by atoms with E-state index in [4.69, 9.17) is 4.98 Å². The fourth-order valence-corrected chi connectivity index (χ4v) is 5.55. The monoisotopic (exact) mass is 524 g/mol. The molecule has 1 N–H and O–H groups in total. The molecule has 0 unspecified atom stereocenters. The number of Topliss-reactive ketones (excluding diaryl/α,β-unsaturated/α-hetero) is 1. The van der Waals surface area contributed by atoms with Gasteiger partial charge in [0.05, 0.1) is 15.9 Å². The van der Waals surface area contributed by atoms with Crippen LogP contribution in [0.1, 0.15) is 39.8 Å². The minimum absolute atomic E-state index is 0.0637. The van der Waals surface area contributed by atoms with Gasteiger partial charge in [-0.15, -0.1) is 0 Å². The summed E-state index contributed by atoms with van der Waals surface area (Å²) in [4.78, 5) is 18.3. The smallest absolute Gasteiger partial charge is 0.175 e. The Morgan fingerprint density at radius 3 is 2.08 bits per heavy atom. The number of benzene rings is 4. The minimum Gasteiger partial charge on any atom is -0.373 e. The third-order valence-electron chi connectivity index (χ3n) is 6.78. The van der Waals surface area contributed by atoms with Gasteiger partial charge in [0.25, 0.3) is 0 Å². The number of aryl methyl sites for hydroxylation is 1. The lowest BCUT2D eigenvalue weighted by molar-refractivity contribution is 0.0993. The molecule has 1 heterocycles. The number of aliphatic hydroxyl groups is 1. The molecule has 0 bridgehead atoms. The zero-order valence-electron chi connectivity index (χ0n) is 21.2. The van der Waals surface area contributed by atoms with Crippen LogP contribution in [0.2, 0.25) is 0 Å². The van der Waals surface area contributed by atoms with Crippen molar-refractivity contribution in [3.63, 3.8) is 0 Å². The molecule has 0 aliphatic heterocycles. The summed E-state index contributed by atoms with van der Waals surface area (Å²) in [7, 11) is -3.37. The normalized spacial score (nSPS) is 12.1. The van der Waals surface area contributed by atoms with Crippen molar-refractivity contribution in [2.75, 3.05) is 6.26 Å². The van der Waals surface area contributed by atoms with Crippen molar-refractivity contribution in [2.24, 2.45) is 0 Å². The summed E-state index contributed by atoms with van der Waals surface area (Å²) in [5.74, 6) is 0.324. The molecule has 0 atom stereocenters. The van der Waals surface area contributed by atoms with Gasteiger partial charge in [0, 0.05) is 24.8 Å². The standard InChI is InChI=1S/C31H28N2O4S/c1-3-33-28-18-17-23(29(34)20-22-11-10-16-26(19-22)38(2,36)37)21-27(28)32-30(33)31(35,24-12-6-4-7-13-24)25-14-8-5-9-15-25/h4-19,21,35H,3,20H2,1-2H3. The number of fused-ring (bicyclic) bond motifs is 1. The summed E-state index contributed by atoms with van der Waals surface area (Å²) in [6.07, 6.45) is 1.21. The molecule has 192 valence electrons. The van der Waals surface area contributed by atoms with Crippen LogP contribution >= 0.6 is 0 Å². The summed E-state index contributed by atoms with van der Waals surface area (Å²) in [6.45, 7) is 2.56. The van der Waals surface area contributed by atoms with Crippen LogP contribution in [-0.4, -0.2) is 35.1 Å². The van der Waals surface area contributed by atoms with Gasteiger partial charge in [0.1, 0.15) is 0 Å². The third kappa shape index (κ3) is 4.66. The first-order valence-electron chi connectivity index (χ1n) is 12.4. The predicted molar refractivity (Wildman–Crippen MR) is 148 cm³/mol. The fraction of sp³-hybridized carbons (Fsp3) is 0.161. The molecule has 0 saturated carbocycles. The van der Waals surface area contributed by atoms with Crippen molar-refractivity contribution in [3.8, 4) is 0 Å². The maximum atomic E-state index is 13.2. The van der Waals surface area contributed by atoms with Crippen LogP contribution in [0.15, 0.2) is 108 Å². The number of sulfone groups is 1. The molecule has 0 amide bonds. The lowest BCUT2D eigenvalue weighted by Gasteiger charge is -2.29. The van der Waals surface area contributed by atoms with E-state index in [1.54, 1.807) is 24.3 Å². The molecular formula is C31H28N2O4S. The molecule has 5 aromatic rings. The molecule has 7 heteroatoms. The molecule has 0 aliphatic carbocycles. The maximum Gasteiger partial charge on any atom is 0.175 e. The van der Waals surface area contributed by atoms with E-state index in [0.29, 0.717) is 40.1 Å². The molecule has 38 heavy (non-hydrogen) atoms. The van der Waals surface area contributed by atoms with E-state index in [9.17, 15) is 18.3 Å². The highest BCUT2D eigenvalue weighted by Gasteiger charge is 2.38. The van der Waals surface area contributed by atoms with Crippen LogP contribution < -0.4 is 0 Å². The number of ketones is 1. The maximum absolute atomic E-state index is 13.2. The van der Waals surface area contributed by atoms with Gasteiger partial charge in [-0.2, -0.15) is 0 Å². The molecule has 0 radical (unpaired) electrons. The Hall–Kier alpha value is -4.07. The van der Waals surface area contributed by atoms with Crippen LogP contribution in [0, 0.1) is 0 Å². The van der Waals surface area contributed by atoms with Gasteiger partial charge in [-0.3, -0.25) is 4.79 Å². The van der Waals surface area contributed by atoms with Crippen molar-refractivity contribution >= 4 is 26.7 Å². The lowest BCUT2D eigenvalue weighted by atomic mass is 9.85. The minimum atomic E-state index is -3.37. The molecule has 5 rings (SSSR count). The molecule has 6 nitrogen and oxygen atoms in total. The van der Waals surface area contributed by atoms with E-state index in [2.05, 4.69) is 0 Å². The van der Waals surface area contributed by atoms with Gasteiger partial charge >= 0.3 is 0 Å². The van der Waals surface area contributed by atoms with E-state index in [1.807, 2.05) is 78.2 Å². The number of carbonyl (C=O) groups is 1. The van der Waals surface area contributed by atoms with Gasteiger partial charge in [0.2, 0.25) is 0 Å². The quantitative estimate of drug-likeness (QED) is 0.283. The van der Waals surface area contributed by atoms with Crippen molar-refractivity contribution < 1.29 is 18.3 Å². The second-order valence-electron chi connectivity index (χ2n) is 9.35. The van der Waals surface area contributed by atoms with Crippen molar-refractivity contribution in [2.45, 2.75) is 30.4 Å². The first-order chi connectivity index (χ1) is 18.2. The van der Waals surface area contributed by atoms with Crippen molar-refractivity contribution in [1.29, 1.82) is 0 Å². The Morgan fingerprint density at radius 1 is 0.868 bits per heavy atom. The van der Waals surface area contributed by atoms with Gasteiger partial charge in [0.15, 0.2) is 27.0 Å². The first-order valence-corrected chi connectivity index (χ1v) is 14.3. The first kappa shape index (κ1) is 25.6. The molecule has 4 aromatic carbocycles. The van der Waals surface area contributed by atoms with Crippen LogP contribution in [-0.2, 0) is 28.4 Å². The van der Waals surface area contributed by atoms with Gasteiger partial charge in [-0.25, -0.2) is 13.4 Å². The Balaban J connectivity index is 1.59. The number of rotatable bonds is 8. The van der Waals surface area contributed by atoms with E-state index in [-0.39, 0.29) is 17.1 Å². The van der Waals surface area contributed by atoms with Crippen LogP contribution in [0.25, 0.3) is 11.0 Å². The van der Waals surface area contributed by atoms with Crippen LogP contribution in [0.4, 0.5) is 0 Å². The average Bonchev–Trinajstić information content (AvgIpc) is 3.31. The van der Waals surface area contributed by atoms with Crippen LogP contribution in [0.5, 0.6) is 0 Å². The zero-order chi connectivity index (χ0) is 26.9. The second-order valence-corrected chi connectivity index (χ2v) is 11.4. The number of imidazole rings is 1. The number of hydrogen-bond acceptors (Lipinski definition) is 5. The highest BCUT2D eigenvalue weighted by molar-refractivity contribution is 7.90. The number of aromatic nitrogens is 2. The van der Waals surface area contributed by atoms with E-state index in [0.717, 1.165) is 11.8 Å². The van der Waals surface area contributed by atoms with Gasteiger partial charge < -0.3 is 9.67 Å². The average molecular weight is 525 g/mol.